The highest BCUT2D eigenvalue weighted by atomic mass is 32.2. The maximum Gasteiger partial charge on any atom is 0.324 e. The molecule has 0 aliphatic rings. The number of carboxylic acids is 1. The normalized spacial score (nSPS) is 12.7. The van der Waals surface area contributed by atoms with Crippen molar-refractivity contribution in [2.24, 2.45) is 0 Å². The van der Waals surface area contributed by atoms with Gasteiger partial charge in [-0.3, -0.25) is 9.78 Å². The van der Waals surface area contributed by atoms with E-state index in [-0.39, 0.29) is 11.4 Å². The Labute approximate surface area is 106 Å². The van der Waals surface area contributed by atoms with Gasteiger partial charge in [0, 0.05) is 18.9 Å². The standard InChI is InChI=1S/C11H16N2O4S/c1-4-13(11(2,3)10(14)15)18(16,17)9-6-5-7-12-8-9/h5-8H,4H2,1-3H3,(H,14,15). The smallest absolute Gasteiger partial charge is 0.324 e. The van der Waals surface area contributed by atoms with Crippen molar-refractivity contribution >= 4 is 16.0 Å². The van der Waals surface area contributed by atoms with Crippen molar-refractivity contribution in [1.29, 1.82) is 0 Å². The quantitative estimate of drug-likeness (QED) is 0.862. The summed E-state index contributed by atoms with van der Waals surface area (Å²) >= 11 is 0. The van der Waals surface area contributed by atoms with Crippen molar-refractivity contribution in [1.82, 2.24) is 9.29 Å². The van der Waals surface area contributed by atoms with Gasteiger partial charge < -0.3 is 5.11 Å². The molecule has 0 aliphatic carbocycles. The van der Waals surface area contributed by atoms with E-state index in [2.05, 4.69) is 4.98 Å². The van der Waals surface area contributed by atoms with Crippen LogP contribution in [0.3, 0.4) is 0 Å². The number of aromatic nitrogens is 1. The molecule has 0 aliphatic heterocycles. The summed E-state index contributed by atoms with van der Waals surface area (Å²) in [4.78, 5) is 14.9. The van der Waals surface area contributed by atoms with Crippen molar-refractivity contribution in [2.45, 2.75) is 31.2 Å². The summed E-state index contributed by atoms with van der Waals surface area (Å²) < 4.78 is 25.6. The Morgan fingerprint density at radius 2 is 2.11 bits per heavy atom. The lowest BCUT2D eigenvalue weighted by Crippen LogP contribution is -2.52. The van der Waals surface area contributed by atoms with Crippen LogP contribution in [0.25, 0.3) is 0 Å². The molecule has 1 rings (SSSR count). The molecule has 1 heterocycles. The number of likely N-dealkylation sites (N-methyl/N-ethyl adjacent to an activating group) is 1. The third kappa shape index (κ3) is 2.51. The number of nitrogens with zero attached hydrogens (tertiary/aromatic N) is 2. The van der Waals surface area contributed by atoms with Gasteiger partial charge in [0.05, 0.1) is 0 Å². The molecule has 1 N–H and O–H groups in total. The van der Waals surface area contributed by atoms with Crippen LogP contribution in [-0.4, -0.2) is 40.9 Å². The molecule has 100 valence electrons. The van der Waals surface area contributed by atoms with Gasteiger partial charge in [-0.05, 0) is 26.0 Å². The van der Waals surface area contributed by atoms with Crippen molar-refractivity contribution in [3.05, 3.63) is 24.5 Å². The van der Waals surface area contributed by atoms with Gasteiger partial charge >= 0.3 is 5.97 Å². The topological polar surface area (TPSA) is 87.6 Å². The molecule has 6 nitrogen and oxygen atoms in total. The highest BCUT2D eigenvalue weighted by molar-refractivity contribution is 7.89. The third-order valence-electron chi connectivity index (χ3n) is 2.66. The summed E-state index contributed by atoms with van der Waals surface area (Å²) in [7, 11) is -3.86. The van der Waals surface area contributed by atoms with Crippen LogP contribution in [0.1, 0.15) is 20.8 Å². The molecule has 0 aromatic carbocycles. The minimum Gasteiger partial charge on any atom is -0.480 e. The predicted octanol–water partition coefficient (Wildman–Crippen LogP) is 0.955. The maximum atomic E-state index is 12.3. The Kier molecular flexibility index (Phi) is 4.08. The molecule has 0 bridgehead atoms. The van der Waals surface area contributed by atoms with Gasteiger partial charge in [-0.15, -0.1) is 0 Å². The van der Waals surface area contributed by atoms with Crippen LogP contribution < -0.4 is 0 Å². The third-order valence-corrected chi connectivity index (χ3v) is 4.79. The Morgan fingerprint density at radius 3 is 2.50 bits per heavy atom. The number of pyridine rings is 1. The summed E-state index contributed by atoms with van der Waals surface area (Å²) in [6, 6.07) is 2.89. The van der Waals surface area contributed by atoms with Gasteiger partial charge in [0.1, 0.15) is 10.4 Å². The van der Waals surface area contributed by atoms with E-state index >= 15 is 0 Å². The highest BCUT2D eigenvalue weighted by Gasteiger charge is 2.41. The molecule has 0 spiro atoms. The molecule has 0 saturated heterocycles. The van der Waals surface area contributed by atoms with E-state index in [0.29, 0.717) is 0 Å². The number of rotatable bonds is 5. The number of carboxylic acid groups (broad SMARTS) is 1. The molecule has 0 fully saturated rings. The minimum absolute atomic E-state index is 0.0128. The summed E-state index contributed by atoms with van der Waals surface area (Å²) in [5, 5.41) is 9.13. The number of aliphatic carboxylic acids is 1. The zero-order valence-corrected chi connectivity index (χ0v) is 11.3. The fourth-order valence-corrected chi connectivity index (χ4v) is 3.32. The van der Waals surface area contributed by atoms with Crippen LogP contribution in [0.4, 0.5) is 0 Å². The second-order valence-corrected chi connectivity index (χ2v) is 6.09. The fraction of sp³-hybridized carbons (Fsp3) is 0.455. The lowest BCUT2D eigenvalue weighted by molar-refractivity contribution is -0.146. The van der Waals surface area contributed by atoms with Gasteiger partial charge in [0.15, 0.2) is 0 Å². The monoisotopic (exact) mass is 272 g/mol. The number of hydrogen-bond acceptors (Lipinski definition) is 4. The first-order valence-electron chi connectivity index (χ1n) is 5.41. The van der Waals surface area contributed by atoms with Gasteiger partial charge in [0.2, 0.25) is 10.0 Å². The van der Waals surface area contributed by atoms with E-state index in [4.69, 9.17) is 5.11 Å². The van der Waals surface area contributed by atoms with E-state index in [1.54, 1.807) is 6.92 Å². The van der Waals surface area contributed by atoms with Gasteiger partial charge in [-0.1, -0.05) is 6.92 Å². The molecule has 0 saturated carbocycles. The van der Waals surface area contributed by atoms with Crippen LogP contribution >= 0.6 is 0 Å². The maximum absolute atomic E-state index is 12.3. The average Bonchev–Trinajstić information content (AvgIpc) is 2.30. The first-order chi connectivity index (χ1) is 8.24. The lowest BCUT2D eigenvalue weighted by atomic mass is 10.1. The van der Waals surface area contributed by atoms with Crippen molar-refractivity contribution in [2.75, 3.05) is 6.54 Å². The zero-order chi connectivity index (χ0) is 14.0. The van der Waals surface area contributed by atoms with Gasteiger partial charge in [-0.25, -0.2) is 8.42 Å². The molecule has 1 aromatic rings. The molecular weight excluding hydrogens is 256 g/mol. The number of sulfonamides is 1. The van der Waals surface area contributed by atoms with E-state index in [9.17, 15) is 13.2 Å². The van der Waals surface area contributed by atoms with Crippen LogP contribution in [0, 0.1) is 0 Å². The first-order valence-corrected chi connectivity index (χ1v) is 6.85. The average molecular weight is 272 g/mol. The van der Waals surface area contributed by atoms with Crippen LogP contribution in [0.2, 0.25) is 0 Å². The first kappa shape index (κ1) is 14.6. The highest BCUT2D eigenvalue weighted by Crippen LogP contribution is 2.24. The Hall–Kier alpha value is -1.47. The summed E-state index contributed by atoms with van der Waals surface area (Å²) in [5.74, 6) is -1.20. The predicted molar refractivity (Wildman–Crippen MR) is 65.5 cm³/mol. The van der Waals surface area contributed by atoms with Crippen molar-refractivity contribution in [3.8, 4) is 0 Å². The van der Waals surface area contributed by atoms with E-state index in [1.807, 2.05) is 0 Å². The molecule has 0 unspecified atom stereocenters. The summed E-state index contributed by atoms with van der Waals surface area (Å²) in [5.41, 5.74) is -1.51. The van der Waals surface area contributed by atoms with Gasteiger partial charge in [0.25, 0.3) is 0 Å². The summed E-state index contributed by atoms with van der Waals surface area (Å²) in [6.07, 6.45) is 2.66. The summed E-state index contributed by atoms with van der Waals surface area (Å²) in [6.45, 7) is 4.37. The number of hydrogen-bond donors (Lipinski definition) is 1. The molecule has 0 amide bonds. The van der Waals surface area contributed by atoms with E-state index in [1.165, 1.54) is 38.4 Å². The lowest BCUT2D eigenvalue weighted by Gasteiger charge is -2.32. The van der Waals surface area contributed by atoms with Crippen molar-refractivity contribution < 1.29 is 18.3 Å². The SMILES string of the molecule is CCN(C(C)(C)C(=O)O)S(=O)(=O)c1cccnc1. The minimum atomic E-state index is -3.86. The number of carbonyl (C=O) groups is 1. The molecule has 0 atom stereocenters. The molecule has 18 heavy (non-hydrogen) atoms. The second-order valence-electron chi connectivity index (χ2n) is 4.22. The fourth-order valence-electron chi connectivity index (χ4n) is 1.60. The molecule has 1 aromatic heterocycles. The van der Waals surface area contributed by atoms with Crippen LogP contribution in [0.5, 0.6) is 0 Å². The molecule has 7 heteroatoms. The van der Waals surface area contributed by atoms with E-state index < -0.39 is 21.5 Å². The van der Waals surface area contributed by atoms with Crippen LogP contribution in [-0.2, 0) is 14.8 Å². The Morgan fingerprint density at radius 1 is 1.50 bits per heavy atom. The Bertz CT molecular complexity index is 525. The zero-order valence-electron chi connectivity index (χ0n) is 10.5. The Balaban J connectivity index is 3.30. The molecule has 0 radical (unpaired) electrons. The van der Waals surface area contributed by atoms with Gasteiger partial charge in [-0.2, -0.15) is 4.31 Å². The molecular formula is C11H16N2O4S. The van der Waals surface area contributed by atoms with Crippen LogP contribution in [0.15, 0.2) is 29.4 Å². The largest absolute Gasteiger partial charge is 0.480 e. The second kappa shape index (κ2) is 5.03. The van der Waals surface area contributed by atoms with E-state index in [0.717, 1.165) is 4.31 Å². The van der Waals surface area contributed by atoms with Crippen molar-refractivity contribution in [3.63, 3.8) is 0 Å².